The Morgan fingerprint density at radius 1 is 1.00 bits per heavy atom. The van der Waals surface area contributed by atoms with Gasteiger partial charge in [0.1, 0.15) is 12.1 Å². The van der Waals surface area contributed by atoms with E-state index in [1.54, 1.807) is 18.2 Å². The van der Waals surface area contributed by atoms with E-state index in [0.717, 1.165) is 11.1 Å². The van der Waals surface area contributed by atoms with Gasteiger partial charge in [0, 0.05) is 5.02 Å². The van der Waals surface area contributed by atoms with Crippen LogP contribution in [0.4, 0.5) is 5.69 Å². The number of anilines is 1. The Bertz CT molecular complexity index is 722. The lowest BCUT2D eigenvalue weighted by Gasteiger charge is -2.05. The predicted molar refractivity (Wildman–Crippen MR) is 79.2 cm³/mol. The van der Waals surface area contributed by atoms with E-state index in [9.17, 15) is 0 Å². The molecule has 1 N–H and O–H groups in total. The molecule has 0 aliphatic rings. The van der Waals surface area contributed by atoms with Crippen molar-refractivity contribution in [1.29, 1.82) is 10.5 Å². The van der Waals surface area contributed by atoms with Crippen LogP contribution in [-0.2, 0) is 0 Å². The van der Waals surface area contributed by atoms with Crippen LogP contribution in [0.5, 0.6) is 0 Å². The molecule has 0 saturated carbocycles. The minimum Gasteiger partial charge on any atom is -0.276 e. The molecule has 0 spiro atoms. The summed E-state index contributed by atoms with van der Waals surface area (Å²) in [4.78, 5) is 0. The summed E-state index contributed by atoms with van der Waals surface area (Å²) in [6.45, 7) is 0. The van der Waals surface area contributed by atoms with Crippen molar-refractivity contribution >= 4 is 23.0 Å². The Morgan fingerprint density at radius 2 is 1.65 bits per heavy atom. The largest absolute Gasteiger partial charge is 0.276 e. The van der Waals surface area contributed by atoms with Gasteiger partial charge in [-0.15, -0.1) is 0 Å². The van der Waals surface area contributed by atoms with E-state index in [-0.39, 0.29) is 5.71 Å². The number of hydrazone groups is 1. The molecule has 0 aromatic heterocycles. The fourth-order valence-electron chi connectivity index (χ4n) is 1.63. The fraction of sp³-hybridized carbons (Fsp3) is 0. The van der Waals surface area contributed by atoms with Crippen molar-refractivity contribution < 1.29 is 0 Å². The van der Waals surface area contributed by atoms with Gasteiger partial charge in [-0.25, -0.2) is 0 Å². The van der Waals surface area contributed by atoms with Gasteiger partial charge in [0.2, 0.25) is 5.71 Å². The molecule has 2 aromatic carbocycles. The van der Waals surface area contributed by atoms with Crippen molar-refractivity contribution in [2.45, 2.75) is 0 Å². The fourth-order valence-corrected chi connectivity index (χ4v) is 1.82. The molecule has 0 fully saturated rings. The third-order valence-corrected chi connectivity index (χ3v) is 2.76. The van der Waals surface area contributed by atoms with Gasteiger partial charge < -0.3 is 0 Å². The van der Waals surface area contributed by atoms with Crippen molar-refractivity contribution in [3.63, 3.8) is 0 Å². The molecule has 96 valence electrons. The molecule has 0 aliphatic carbocycles. The lowest BCUT2D eigenvalue weighted by Crippen LogP contribution is -1.96. The summed E-state index contributed by atoms with van der Waals surface area (Å²) in [5, 5.41) is 21.6. The van der Waals surface area contributed by atoms with Crippen molar-refractivity contribution in [2.24, 2.45) is 5.10 Å². The average Bonchev–Trinajstić information content (AvgIpc) is 2.49. The second-order valence-corrected chi connectivity index (χ2v) is 4.32. The summed E-state index contributed by atoms with van der Waals surface area (Å²) >= 11 is 5.97. The maximum absolute atomic E-state index is 8.61. The monoisotopic (exact) mass is 280 g/mol. The lowest BCUT2D eigenvalue weighted by atomic mass is 10.1. The van der Waals surface area contributed by atoms with E-state index in [1.165, 1.54) is 0 Å². The Hall–Kier alpha value is -2.82. The average molecular weight is 281 g/mol. The zero-order valence-electron chi connectivity index (χ0n) is 10.3. The summed E-state index contributed by atoms with van der Waals surface area (Å²) in [5.41, 5.74) is 5.08. The van der Waals surface area contributed by atoms with Gasteiger partial charge in [-0.1, -0.05) is 35.9 Å². The standard InChI is InChI=1S/C15H9ClN4/c16-13-5-1-3-11(7-13)12-4-2-6-14(8-12)19-20-15(9-17)10-18/h1-8,19H. The smallest absolute Gasteiger partial charge is 0.237 e. The zero-order chi connectivity index (χ0) is 14.4. The molecule has 5 heteroatoms. The van der Waals surface area contributed by atoms with E-state index in [1.807, 2.05) is 42.5 Å². The highest BCUT2D eigenvalue weighted by molar-refractivity contribution is 6.30. The van der Waals surface area contributed by atoms with E-state index in [2.05, 4.69) is 10.5 Å². The highest BCUT2D eigenvalue weighted by Crippen LogP contribution is 2.25. The number of nitrogens with one attached hydrogen (secondary N) is 1. The number of nitriles is 2. The molecule has 0 bridgehead atoms. The maximum Gasteiger partial charge on any atom is 0.237 e. The van der Waals surface area contributed by atoms with E-state index < -0.39 is 0 Å². The number of hydrogen-bond acceptors (Lipinski definition) is 4. The van der Waals surface area contributed by atoms with Crippen molar-refractivity contribution in [2.75, 3.05) is 5.43 Å². The highest BCUT2D eigenvalue weighted by atomic mass is 35.5. The number of rotatable bonds is 3. The number of benzene rings is 2. The van der Waals surface area contributed by atoms with Crippen molar-refractivity contribution in [3.05, 3.63) is 53.6 Å². The maximum atomic E-state index is 8.61. The molecule has 0 radical (unpaired) electrons. The van der Waals surface area contributed by atoms with Crippen LogP contribution in [0.1, 0.15) is 0 Å². The van der Waals surface area contributed by atoms with Gasteiger partial charge in [0.05, 0.1) is 5.69 Å². The Kier molecular flexibility index (Phi) is 4.34. The highest BCUT2D eigenvalue weighted by Gasteiger charge is 2.00. The molecular formula is C15H9ClN4. The minimum absolute atomic E-state index is 0.224. The van der Waals surface area contributed by atoms with Crippen LogP contribution in [0.2, 0.25) is 5.02 Å². The first kappa shape index (κ1) is 13.6. The molecule has 0 atom stereocenters. The van der Waals surface area contributed by atoms with Crippen LogP contribution < -0.4 is 5.43 Å². The van der Waals surface area contributed by atoms with Crippen molar-refractivity contribution in [1.82, 2.24) is 0 Å². The van der Waals surface area contributed by atoms with Gasteiger partial charge in [0.15, 0.2) is 0 Å². The number of nitrogens with zero attached hydrogens (tertiary/aromatic N) is 3. The molecule has 0 amide bonds. The number of hydrogen-bond donors (Lipinski definition) is 1. The topological polar surface area (TPSA) is 72.0 Å². The van der Waals surface area contributed by atoms with Crippen LogP contribution >= 0.6 is 11.6 Å². The molecule has 0 aliphatic heterocycles. The third-order valence-electron chi connectivity index (χ3n) is 2.53. The van der Waals surface area contributed by atoms with Crippen LogP contribution in [0.3, 0.4) is 0 Å². The Labute approximate surface area is 121 Å². The SMILES string of the molecule is N#CC(C#N)=NNc1cccc(-c2cccc(Cl)c2)c1. The molecule has 20 heavy (non-hydrogen) atoms. The summed E-state index contributed by atoms with van der Waals surface area (Å²) in [6.07, 6.45) is 0. The first-order valence-electron chi connectivity index (χ1n) is 5.73. The van der Waals surface area contributed by atoms with Crippen LogP contribution in [0, 0.1) is 22.7 Å². The second kappa shape index (κ2) is 6.38. The number of halogens is 1. The van der Waals surface area contributed by atoms with Gasteiger partial charge in [0.25, 0.3) is 0 Å². The zero-order valence-corrected chi connectivity index (χ0v) is 11.1. The summed E-state index contributed by atoms with van der Waals surface area (Å²) < 4.78 is 0. The summed E-state index contributed by atoms with van der Waals surface area (Å²) in [5.74, 6) is 0. The summed E-state index contributed by atoms with van der Waals surface area (Å²) in [6, 6.07) is 18.3. The molecule has 0 saturated heterocycles. The van der Waals surface area contributed by atoms with E-state index >= 15 is 0 Å². The third kappa shape index (κ3) is 3.35. The first-order valence-corrected chi connectivity index (χ1v) is 6.10. The van der Waals surface area contributed by atoms with Crippen LogP contribution in [0.15, 0.2) is 53.6 Å². The van der Waals surface area contributed by atoms with Crippen molar-refractivity contribution in [3.8, 4) is 23.3 Å². The Balaban J connectivity index is 2.28. The summed E-state index contributed by atoms with van der Waals surface area (Å²) in [7, 11) is 0. The van der Waals surface area contributed by atoms with Crippen LogP contribution in [-0.4, -0.2) is 5.71 Å². The quantitative estimate of drug-likeness (QED) is 0.686. The lowest BCUT2D eigenvalue weighted by molar-refractivity contribution is 1.34. The minimum atomic E-state index is -0.224. The second-order valence-electron chi connectivity index (χ2n) is 3.89. The molecule has 2 rings (SSSR count). The molecular weight excluding hydrogens is 272 g/mol. The molecule has 0 heterocycles. The van der Waals surface area contributed by atoms with Gasteiger partial charge >= 0.3 is 0 Å². The van der Waals surface area contributed by atoms with Crippen LogP contribution in [0.25, 0.3) is 11.1 Å². The first-order chi connectivity index (χ1) is 9.72. The van der Waals surface area contributed by atoms with E-state index in [0.29, 0.717) is 10.7 Å². The van der Waals surface area contributed by atoms with Gasteiger partial charge in [-0.2, -0.15) is 15.6 Å². The normalized spacial score (nSPS) is 9.15. The predicted octanol–water partition coefficient (Wildman–Crippen LogP) is 3.82. The molecule has 2 aromatic rings. The Morgan fingerprint density at radius 3 is 2.30 bits per heavy atom. The molecule has 0 unspecified atom stereocenters. The van der Waals surface area contributed by atoms with Gasteiger partial charge in [-0.3, -0.25) is 5.43 Å². The van der Waals surface area contributed by atoms with E-state index in [4.69, 9.17) is 22.1 Å². The van der Waals surface area contributed by atoms with Gasteiger partial charge in [-0.05, 0) is 35.4 Å². The molecule has 4 nitrogen and oxygen atoms in total.